The molecule has 0 atom stereocenters. The molecule has 1 heterocycles. The first-order valence-corrected chi connectivity index (χ1v) is 5.54. The van der Waals surface area contributed by atoms with Crippen LogP contribution in [0.3, 0.4) is 0 Å². The van der Waals surface area contributed by atoms with E-state index in [-0.39, 0.29) is 6.61 Å². The van der Waals surface area contributed by atoms with Crippen LogP contribution in [0, 0.1) is 0 Å². The van der Waals surface area contributed by atoms with E-state index in [2.05, 4.69) is 14.7 Å². The highest BCUT2D eigenvalue weighted by Gasteiger charge is 2.01. The zero-order valence-corrected chi connectivity index (χ0v) is 9.74. The molecule has 18 heavy (non-hydrogen) atoms. The highest BCUT2D eigenvalue weighted by atomic mass is 16.5. The van der Waals surface area contributed by atoms with E-state index in [0.717, 1.165) is 11.1 Å². The van der Waals surface area contributed by atoms with E-state index in [1.54, 1.807) is 12.4 Å². The van der Waals surface area contributed by atoms with E-state index >= 15 is 0 Å². The zero-order valence-electron chi connectivity index (χ0n) is 9.74. The molecule has 0 aliphatic heterocycles. The number of benzene rings is 1. The van der Waals surface area contributed by atoms with E-state index in [1.807, 2.05) is 30.3 Å². The van der Waals surface area contributed by atoms with E-state index in [1.165, 1.54) is 0 Å². The maximum atomic E-state index is 10.4. The molecule has 0 fully saturated rings. The Kier molecular flexibility index (Phi) is 3.86. The number of carbonyl (C=O) groups excluding carboxylic acids is 1. The van der Waals surface area contributed by atoms with Crippen molar-refractivity contribution in [1.82, 2.24) is 9.97 Å². The standard InChI is InChI=1S/C13H13N3O2/c14-13(17)18-7-6-10-8-15-12(16-9-10)11-4-2-1-3-5-11/h1-5,8-9H,6-7H2,(H2,14,17). The maximum absolute atomic E-state index is 10.4. The third-order valence-corrected chi connectivity index (χ3v) is 2.37. The molecule has 5 nitrogen and oxygen atoms in total. The summed E-state index contributed by atoms with van der Waals surface area (Å²) in [5.74, 6) is 0.676. The smallest absolute Gasteiger partial charge is 0.404 e. The van der Waals surface area contributed by atoms with Gasteiger partial charge in [0.2, 0.25) is 0 Å². The molecule has 1 amide bonds. The number of nitrogens with zero attached hydrogens (tertiary/aromatic N) is 2. The Morgan fingerprint density at radius 2 is 1.83 bits per heavy atom. The molecule has 1 aromatic carbocycles. The molecule has 0 radical (unpaired) electrons. The molecule has 0 aliphatic carbocycles. The van der Waals surface area contributed by atoms with Crippen molar-refractivity contribution in [3.63, 3.8) is 0 Å². The molecule has 0 saturated heterocycles. The number of ether oxygens (including phenoxy) is 1. The normalized spacial score (nSPS) is 10.0. The van der Waals surface area contributed by atoms with E-state index in [0.29, 0.717) is 12.2 Å². The van der Waals surface area contributed by atoms with Crippen LogP contribution in [0.1, 0.15) is 5.56 Å². The second-order valence-corrected chi connectivity index (χ2v) is 3.70. The van der Waals surface area contributed by atoms with Gasteiger partial charge >= 0.3 is 6.09 Å². The molecule has 0 bridgehead atoms. The van der Waals surface area contributed by atoms with Crippen molar-refractivity contribution in [3.05, 3.63) is 48.3 Å². The summed E-state index contributed by atoms with van der Waals surface area (Å²) in [4.78, 5) is 18.9. The third kappa shape index (κ3) is 3.28. The lowest BCUT2D eigenvalue weighted by atomic mass is 10.2. The van der Waals surface area contributed by atoms with Crippen molar-refractivity contribution >= 4 is 6.09 Å². The quantitative estimate of drug-likeness (QED) is 0.887. The summed E-state index contributed by atoms with van der Waals surface area (Å²) in [6.45, 7) is 0.239. The first-order chi connectivity index (χ1) is 8.75. The molecule has 0 unspecified atom stereocenters. The SMILES string of the molecule is NC(=O)OCCc1cnc(-c2ccccc2)nc1. The van der Waals surface area contributed by atoms with Crippen LogP contribution < -0.4 is 5.73 Å². The van der Waals surface area contributed by atoms with Gasteiger partial charge in [-0.15, -0.1) is 0 Å². The van der Waals surface area contributed by atoms with Crippen molar-refractivity contribution in [3.8, 4) is 11.4 Å². The number of hydrogen-bond acceptors (Lipinski definition) is 4. The Morgan fingerprint density at radius 1 is 1.17 bits per heavy atom. The summed E-state index contributed by atoms with van der Waals surface area (Å²) in [6.07, 6.45) is 3.23. The van der Waals surface area contributed by atoms with Crippen LogP contribution in [0.5, 0.6) is 0 Å². The molecule has 2 rings (SSSR count). The second kappa shape index (κ2) is 5.77. The summed E-state index contributed by atoms with van der Waals surface area (Å²) in [7, 11) is 0. The first kappa shape index (κ1) is 12.0. The monoisotopic (exact) mass is 243 g/mol. The second-order valence-electron chi connectivity index (χ2n) is 3.70. The Morgan fingerprint density at radius 3 is 2.44 bits per heavy atom. The average Bonchev–Trinajstić information content (AvgIpc) is 2.40. The lowest BCUT2D eigenvalue weighted by Crippen LogP contribution is -2.14. The molecule has 0 spiro atoms. The molecule has 2 N–H and O–H groups in total. The molecule has 1 aromatic heterocycles. The van der Waals surface area contributed by atoms with Gasteiger partial charge in [0.15, 0.2) is 5.82 Å². The Hall–Kier alpha value is -2.43. The number of amides is 1. The van der Waals surface area contributed by atoms with E-state index in [9.17, 15) is 4.79 Å². The predicted molar refractivity (Wildman–Crippen MR) is 66.7 cm³/mol. The Bertz CT molecular complexity index is 512. The minimum absolute atomic E-state index is 0.239. The van der Waals surface area contributed by atoms with Crippen LogP contribution in [0.2, 0.25) is 0 Å². The highest BCUT2D eigenvalue weighted by molar-refractivity contribution is 5.64. The zero-order chi connectivity index (χ0) is 12.8. The summed E-state index contributed by atoms with van der Waals surface area (Å²) in [5, 5.41) is 0. The fourth-order valence-corrected chi connectivity index (χ4v) is 1.49. The van der Waals surface area contributed by atoms with Crippen molar-refractivity contribution in [2.45, 2.75) is 6.42 Å². The molecule has 0 aliphatic rings. The van der Waals surface area contributed by atoms with Gasteiger partial charge in [0.1, 0.15) is 0 Å². The van der Waals surface area contributed by atoms with Gasteiger partial charge in [0.05, 0.1) is 6.61 Å². The molecule has 2 aromatic rings. The van der Waals surface area contributed by atoms with Gasteiger partial charge in [-0.05, 0) is 5.56 Å². The van der Waals surface area contributed by atoms with Crippen molar-refractivity contribution < 1.29 is 9.53 Å². The van der Waals surface area contributed by atoms with Crippen molar-refractivity contribution in [2.75, 3.05) is 6.61 Å². The van der Waals surface area contributed by atoms with Crippen LogP contribution in [0.15, 0.2) is 42.7 Å². The predicted octanol–water partition coefficient (Wildman–Crippen LogP) is 1.78. The van der Waals surface area contributed by atoms with Crippen molar-refractivity contribution in [1.29, 1.82) is 0 Å². The molecular weight excluding hydrogens is 230 g/mol. The highest BCUT2D eigenvalue weighted by Crippen LogP contribution is 2.13. The first-order valence-electron chi connectivity index (χ1n) is 5.54. The maximum Gasteiger partial charge on any atom is 0.404 e. The van der Waals surface area contributed by atoms with Gasteiger partial charge in [-0.1, -0.05) is 30.3 Å². The number of aromatic nitrogens is 2. The number of primary amides is 1. The topological polar surface area (TPSA) is 78.1 Å². The van der Waals surface area contributed by atoms with Crippen molar-refractivity contribution in [2.24, 2.45) is 5.73 Å². The van der Waals surface area contributed by atoms with E-state index in [4.69, 9.17) is 5.73 Å². The van der Waals surface area contributed by atoms with Crippen LogP contribution >= 0.6 is 0 Å². The summed E-state index contributed by atoms with van der Waals surface area (Å²) < 4.78 is 4.64. The summed E-state index contributed by atoms with van der Waals surface area (Å²) in [5.41, 5.74) is 6.73. The van der Waals surface area contributed by atoms with Gasteiger partial charge < -0.3 is 10.5 Å². The molecule has 0 saturated carbocycles. The number of nitrogens with two attached hydrogens (primary N) is 1. The molecular formula is C13H13N3O2. The summed E-state index contributed by atoms with van der Waals surface area (Å²) >= 11 is 0. The van der Waals surface area contributed by atoms with Crippen LogP contribution in [-0.4, -0.2) is 22.7 Å². The lowest BCUT2D eigenvalue weighted by Gasteiger charge is -2.03. The number of rotatable bonds is 4. The van der Waals surface area contributed by atoms with Gasteiger partial charge in [-0.25, -0.2) is 14.8 Å². The van der Waals surface area contributed by atoms with Crippen LogP contribution in [0.25, 0.3) is 11.4 Å². The van der Waals surface area contributed by atoms with Gasteiger partial charge in [0, 0.05) is 24.4 Å². The minimum Gasteiger partial charge on any atom is -0.449 e. The van der Waals surface area contributed by atoms with Gasteiger partial charge in [0.25, 0.3) is 0 Å². The number of carbonyl (C=O) groups is 1. The molecule has 5 heteroatoms. The largest absolute Gasteiger partial charge is 0.449 e. The Labute approximate surface area is 105 Å². The van der Waals surface area contributed by atoms with Crippen LogP contribution in [0.4, 0.5) is 4.79 Å². The molecule has 92 valence electrons. The average molecular weight is 243 g/mol. The van der Waals surface area contributed by atoms with E-state index < -0.39 is 6.09 Å². The number of hydrogen-bond donors (Lipinski definition) is 1. The minimum atomic E-state index is -0.767. The van der Waals surface area contributed by atoms with Crippen LogP contribution in [-0.2, 0) is 11.2 Å². The van der Waals surface area contributed by atoms with Gasteiger partial charge in [-0.2, -0.15) is 0 Å². The summed E-state index contributed by atoms with van der Waals surface area (Å²) in [6, 6.07) is 9.72. The Balaban J connectivity index is 2.00. The third-order valence-electron chi connectivity index (χ3n) is 2.37. The fraction of sp³-hybridized carbons (Fsp3) is 0.154. The fourth-order valence-electron chi connectivity index (χ4n) is 1.49. The van der Waals surface area contributed by atoms with Gasteiger partial charge in [-0.3, -0.25) is 0 Å². The lowest BCUT2D eigenvalue weighted by molar-refractivity contribution is 0.158.